The molecule has 0 saturated heterocycles. The summed E-state index contributed by atoms with van der Waals surface area (Å²) in [4.78, 5) is 0. The fourth-order valence-electron chi connectivity index (χ4n) is 1.42. The number of halogens is 1. The average molecular weight is 322 g/mol. The van der Waals surface area contributed by atoms with Crippen molar-refractivity contribution in [2.24, 2.45) is 0 Å². The number of nitrogens with one attached hydrogen (secondary N) is 1. The van der Waals surface area contributed by atoms with Crippen LogP contribution in [-0.2, 0) is 9.84 Å². The maximum absolute atomic E-state index is 11.2. The first-order chi connectivity index (χ1) is 9.43. The van der Waals surface area contributed by atoms with E-state index in [1.807, 2.05) is 0 Å². The van der Waals surface area contributed by atoms with E-state index in [2.05, 4.69) is 5.32 Å². The van der Waals surface area contributed by atoms with Crippen molar-refractivity contribution in [1.29, 1.82) is 0 Å². The molecule has 1 atom stereocenters. The lowest BCUT2D eigenvalue weighted by Gasteiger charge is -2.13. The summed E-state index contributed by atoms with van der Waals surface area (Å²) in [5.41, 5.74) is 0. The number of aliphatic hydroxyl groups excluding tert-OH is 1. The molecule has 0 bridgehead atoms. The third kappa shape index (κ3) is 7.09. The summed E-state index contributed by atoms with van der Waals surface area (Å²) >= 11 is 5.74. The third-order valence-corrected chi connectivity index (χ3v) is 4.62. The molecule has 1 unspecified atom stereocenters. The van der Waals surface area contributed by atoms with Gasteiger partial charge >= 0.3 is 0 Å². The van der Waals surface area contributed by atoms with Crippen LogP contribution in [0, 0.1) is 0 Å². The van der Waals surface area contributed by atoms with Crippen LogP contribution in [0.2, 0.25) is 5.02 Å². The summed E-state index contributed by atoms with van der Waals surface area (Å²) in [6, 6.07) is 6.85. The van der Waals surface area contributed by atoms with Gasteiger partial charge < -0.3 is 15.2 Å². The van der Waals surface area contributed by atoms with Gasteiger partial charge in [-0.25, -0.2) is 8.42 Å². The molecule has 0 aliphatic heterocycles. The van der Waals surface area contributed by atoms with E-state index in [1.165, 1.54) is 0 Å². The normalized spacial score (nSPS) is 13.2. The van der Waals surface area contributed by atoms with E-state index in [1.54, 1.807) is 31.2 Å². The van der Waals surface area contributed by atoms with Crippen LogP contribution < -0.4 is 10.1 Å². The summed E-state index contributed by atoms with van der Waals surface area (Å²) < 4.78 is 27.9. The molecule has 0 amide bonds. The molecule has 2 N–H and O–H groups in total. The van der Waals surface area contributed by atoms with Gasteiger partial charge in [-0.3, -0.25) is 0 Å². The van der Waals surface area contributed by atoms with E-state index >= 15 is 0 Å². The molecular formula is C13H20ClNO4S. The standard InChI is InChI=1S/C13H20ClNO4S/c1-2-20(17,18)8-7-15-9-12(16)10-19-13-5-3-11(14)4-6-13/h3-6,12,15-16H,2,7-10H2,1H3. The van der Waals surface area contributed by atoms with Crippen molar-refractivity contribution in [1.82, 2.24) is 5.32 Å². The van der Waals surface area contributed by atoms with Crippen LogP contribution in [0.1, 0.15) is 6.92 Å². The van der Waals surface area contributed by atoms with Crippen LogP contribution in [0.3, 0.4) is 0 Å². The van der Waals surface area contributed by atoms with Gasteiger partial charge in [0.2, 0.25) is 0 Å². The Balaban J connectivity index is 2.17. The Labute approximate surface area is 124 Å². The van der Waals surface area contributed by atoms with Crippen molar-refractivity contribution in [3.63, 3.8) is 0 Å². The Hall–Kier alpha value is -0.820. The minimum Gasteiger partial charge on any atom is -0.491 e. The van der Waals surface area contributed by atoms with Crippen molar-refractivity contribution in [3.05, 3.63) is 29.3 Å². The molecule has 1 aromatic rings. The van der Waals surface area contributed by atoms with Crippen LogP contribution in [0.25, 0.3) is 0 Å². The van der Waals surface area contributed by atoms with Crippen LogP contribution in [-0.4, -0.2) is 50.8 Å². The monoisotopic (exact) mass is 321 g/mol. The molecule has 20 heavy (non-hydrogen) atoms. The van der Waals surface area contributed by atoms with Crippen molar-refractivity contribution >= 4 is 21.4 Å². The van der Waals surface area contributed by atoms with Gasteiger partial charge in [-0.05, 0) is 24.3 Å². The number of hydrogen-bond donors (Lipinski definition) is 2. The fraction of sp³-hybridized carbons (Fsp3) is 0.538. The van der Waals surface area contributed by atoms with Crippen LogP contribution >= 0.6 is 11.6 Å². The lowest BCUT2D eigenvalue weighted by Crippen LogP contribution is -2.34. The number of rotatable bonds is 9. The number of hydrogen-bond acceptors (Lipinski definition) is 5. The second-order valence-corrected chi connectivity index (χ2v) is 7.27. The maximum Gasteiger partial charge on any atom is 0.151 e. The highest BCUT2D eigenvalue weighted by molar-refractivity contribution is 7.91. The van der Waals surface area contributed by atoms with Crippen LogP contribution in [0.15, 0.2) is 24.3 Å². The zero-order valence-electron chi connectivity index (χ0n) is 11.4. The molecule has 0 heterocycles. The van der Waals surface area contributed by atoms with Crippen molar-refractivity contribution in [3.8, 4) is 5.75 Å². The quantitative estimate of drug-likeness (QED) is 0.666. The Kier molecular flexibility index (Phi) is 7.29. The first-order valence-electron chi connectivity index (χ1n) is 6.40. The highest BCUT2D eigenvalue weighted by Crippen LogP contribution is 2.15. The lowest BCUT2D eigenvalue weighted by atomic mass is 10.3. The van der Waals surface area contributed by atoms with Crippen molar-refractivity contribution < 1.29 is 18.3 Å². The molecule has 114 valence electrons. The molecule has 0 aliphatic rings. The van der Waals surface area contributed by atoms with Gasteiger partial charge in [-0.1, -0.05) is 18.5 Å². The molecule has 0 radical (unpaired) electrons. The smallest absolute Gasteiger partial charge is 0.151 e. The van der Waals surface area contributed by atoms with Gasteiger partial charge in [0, 0.05) is 23.9 Å². The van der Waals surface area contributed by atoms with E-state index in [4.69, 9.17) is 16.3 Å². The second-order valence-electron chi connectivity index (χ2n) is 4.36. The molecule has 0 spiro atoms. The first-order valence-corrected chi connectivity index (χ1v) is 8.60. The molecule has 1 aromatic carbocycles. The van der Waals surface area contributed by atoms with Gasteiger partial charge in [0.25, 0.3) is 0 Å². The Morgan fingerprint density at radius 3 is 2.60 bits per heavy atom. The predicted molar refractivity (Wildman–Crippen MR) is 80.2 cm³/mol. The SMILES string of the molecule is CCS(=O)(=O)CCNCC(O)COc1ccc(Cl)cc1. The summed E-state index contributed by atoms with van der Waals surface area (Å²) in [6.45, 7) is 2.36. The molecular weight excluding hydrogens is 302 g/mol. The van der Waals surface area contributed by atoms with Gasteiger partial charge in [0.1, 0.15) is 18.5 Å². The highest BCUT2D eigenvalue weighted by Gasteiger charge is 2.08. The topological polar surface area (TPSA) is 75.6 Å². The molecule has 0 saturated carbocycles. The lowest BCUT2D eigenvalue weighted by molar-refractivity contribution is 0.107. The van der Waals surface area contributed by atoms with Gasteiger partial charge in [-0.2, -0.15) is 0 Å². The Bertz CT molecular complexity index is 490. The van der Waals surface area contributed by atoms with Gasteiger partial charge in [-0.15, -0.1) is 0 Å². The van der Waals surface area contributed by atoms with Gasteiger partial charge in [0.15, 0.2) is 9.84 Å². The summed E-state index contributed by atoms with van der Waals surface area (Å²) in [5.74, 6) is 0.840. The molecule has 1 rings (SSSR count). The summed E-state index contributed by atoms with van der Waals surface area (Å²) in [5, 5.41) is 13.2. The number of sulfone groups is 1. The number of aliphatic hydroxyl groups is 1. The molecule has 7 heteroatoms. The Morgan fingerprint density at radius 2 is 2.00 bits per heavy atom. The van der Waals surface area contributed by atoms with E-state index in [0.717, 1.165) is 0 Å². The van der Waals surface area contributed by atoms with E-state index in [9.17, 15) is 13.5 Å². The number of ether oxygens (including phenoxy) is 1. The van der Waals surface area contributed by atoms with Crippen molar-refractivity contribution in [2.45, 2.75) is 13.0 Å². The van der Waals surface area contributed by atoms with E-state index < -0.39 is 15.9 Å². The highest BCUT2D eigenvalue weighted by atomic mass is 35.5. The molecule has 0 aromatic heterocycles. The summed E-state index contributed by atoms with van der Waals surface area (Å²) in [6.07, 6.45) is -0.699. The molecule has 5 nitrogen and oxygen atoms in total. The Morgan fingerprint density at radius 1 is 1.35 bits per heavy atom. The third-order valence-electron chi connectivity index (χ3n) is 2.67. The van der Waals surface area contributed by atoms with Crippen LogP contribution in [0.5, 0.6) is 5.75 Å². The maximum atomic E-state index is 11.2. The number of benzene rings is 1. The zero-order chi connectivity index (χ0) is 15.0. The van der Waals surface area contributed by atoms with E-state index in [0.29, 0.717) is 17.3 Å². The minimum absolute atomic E-state index is 0.0776. The largest absolute Gasteiger partial charge is 0.491 e. The van der Waals surface area contributed by atoms with Crippen molar-refractivity contribution in [2.75, 3.05) is 31.2 Å². The van der Waals surface area contributed by atoms with Gasteiger partial charge in [0.05, 0.1) is 5.75 Å². The minimum atomic E-state index is -2.96. The van der Waals surface area contributed by atoms with E-state index in [-0.39, 0.29) is 24.7 Å². The first kappa shape index (κ1) is 17.2. The average Bonchev–Trinajstić information content (AvgIpc) is 2.43. The molecule has 0 aliphatic carbocycles. The van der Waals surface area contributed by atoms with Crippen LogP contribution in [0.4, 0.5) is 0 Å². The second kappa shape index (κ2) is 8.46. The molecule has 0 fully saturated rings. The zero-order valence-corrected chi connectivity index (χ0v) is 13.0. The summed E-state index contributed by atoms with van der Waals surface area (Å²) in [7, 11) is -2.96. The fourth-order valence-corrected chi connectivity index (χ4v) is 2.29. The predicted octanol–water partition coefficient (Wildman–Crippen LogP) is 1.10.